The van der Waals surface area contributed by atoms with E-state index < -0.39 is 5.60 Å². The Hall–Kier alpha value is -0.0800. The van der Waals surface area contributed by atoms with Crippen LogP contribution in [-0.2, 0) is 0 Å². The summed E-state index contributed by atoms with van der Waals surface area (Å²) < 4.78 is 0. The van der Waals surface area contributed by atoms with Crippen LogP contribution in [0.4, 0.5) is 0 Å². The Morgan fingerprint density at radius 3 is 2.05 bits per heavy atom. The van der Waals surface area contributed by atoms with Crippen LogP contribution in [0.25, 0.3) is 0 Å². The van der Waals surface area contributed by atoms with Crippen LogP contribution in [-0.4, -0.2) is 17.3 Å². The van der Waals surface area contributed by atoms with E-state index in [4.69, 9.17) is 5.73 Å². The second-order valence-electron chi connectivity index (χ2n) is 8.92. The normalized spacial score (nSPS) is 35.0. The highest BCUT2D eigenvalue weighted by Crippen LogP contribution is 2.51. The van der Waals surface area contributed by atoms with Gasteiger partial charge in [0.25, 0.3) is 0 Å². The lowest BCUT2D eigenvalue weighted by molar-refractivity contribution is -0.101. The van der Waals surface area contributed by atoms with Crippen molar-refractivity contribution in [3.8, 4) is 0 Å². The van der Waals surface area contributed by atoms with E-state index in [9.17, 15) is 5.11 Å². The highest BCUT2D eigenvalue weighted by molar-refractivity contribution is 5.02. The van der Waals surface area contributed by atoms with Crippen LogP contribution in [0.1, 0.15) is 91.4 Å². The molecule has 2 saturated carbocycles. The molecular weight excluding hydrogens is 258 g/mol. The van der Waals surface area contributed by atoms with E-state index in [2.05, 4.69) is 20.8 Å². The predicted octanol–water partition coefficient (Wildman–Crippen LogP) is 4.64. The van der Waals surface area contributed by atoms with Gasteiger partial charge < -0.3 is 10.8 Å². The van der Waals surface area contributed by atoms with Crippen LogP contribution in [0.2, 0.25) is 0 Å². The molecule has 0 bridgehead atoms. The van der Waals surface area contributed by atoms with Crippen LogP contribution in [0.15, 0.2) is 0 Å². The quantitative estimate of drug-likeness (QED) is 0.729. The Morgan fingerprint density at radius 1 is 0.905 bits per heavy atom. The maximum Gasteiger partial charge on any atom is 0.0715 e. The second kappa shape index (κ2) is 6.58. The van der Waals surface area contributed by atoms with Crippen molar-refractivity contribution in [1.29, 1.82) is 0 Å². The summed E-state index contributed by atoms with van der Waals surface area (Å²) in [7, 11) is 0. The topological polar surface area (TPSA) is 46.2 Å². The summed E-state index contributed by atoms with van der Waals surface area (Å²) in [4.78, 5) is 0. The average molecular weight is 296 g/mol. The van der Waals surface area contributed by atoms with Crippen LogP contribution in [0.3, 0.4) is 0 Å². The molecule has 0 aliphatic heterocycles. The van der Waals surface area contributed by atoms with Crippen LogP contribution >= 0.6 is 0 Å². The molecule has 21 heavy (non-hydrogen) atoms. The molecule has 0 aromatic heterocycles. The van der Waals surface area contributed by atoms with Crippen molar-refractivity contribution in [2.24, 2.45) is 22.5 Å². The first-order valence-corrected chi connectivity index (χ1v) is 9.25. The Morgan fingerprint density at radius 2 is 1.52 bits per heavy atom. The molecule has 2 rings (SSSR count). The first-order valence-electron chi connectivity index (χ1n) is 9.25. The molecule has 2 aliphatic rings. The van der Waals surface area contributed by atoms with Gasteiger partial charge in [0.1, 0.15) is 0 Å². The van der Waals surface area contributed by atoms with Gasteiger partial charge >= 0.3 is 0 Å². The molecule has 2 atom stereocenters. The largest absolute Gasteiger partial charge is 0.389 e. The summed E-state index contributed by atoms with van der Waals surface area (Å²) >= 11 is 0. The van der Waals surface area contributed by atoms with Gasteiger partial charge in [-0.25, -0.2) is 0 Å². The fourth-order valence-corrected chi connectivity index (χ4v) is 4.98. The monoisotopic (exact) mass is 295 g/mol. The third-order valence-corrected chi connectivity index (χ3v) is 6.71. The second-order valence-corrected chi connectivity index (χ2v) is 8.92. The molecular formula is C19H37NO. The average Bonchev–Trinajstić information content (AvgIpc) is 2.77. The minimum Gasteiger partial charge on any atom is -0.389 e. The molecule has 2 aliphatic carbocycles. The van der Waals surface area contributed by atoms with Crippen molar-refractivity contribution in [2.45, 2.75) is 97.0 Å². The first-order chi connectivity index (χ1) is 9.83. The summed E-state index contributed by atoms with van der Waals surface area (Å²) in [6, 6.07) is 0. The van der Waals surface area contributed by atoms with Crippen molar-refractivity contribution in [1.82, 2.24) is 0 Å². The molecule has 2 heteroatoms. The summed E-state index contributed by atoms with van der Waals surface area (Å²) in [6.45, 7) is 7.73. The Kier molecular flexibility index (Phi) is 5.41. The van der Waals surface area contributed by atoms with Gasteiger partial charge in [0.15, 0.2) is 0 Å². The van der Waals surface area contributed by atoms with Gasteiger partial charge in [-0.2, -0.15) is 0 Å². The molecule has 0 saturated heterocycles. The maximum absolute atomic E-state index is 11.6. The van der Waals surface area contributed by atoms with Gasteiger partial charge in [0, 0.05) is 12.0 Å². The minimum absolute atomic E-state index is 0.00370. The van der Waals surface area contributed by atoms with Crippen LogP contribution in [0.5, 0.6) is 0 Å². The van der Waals surface area contributed by atoms with E-state index in [-0.39, 0.29) is 5.41 Å². The number of rotatable bonds is 2. The zero-order valence-corrected chi connectivity index (χ0v) is 14.6. The van der Waals surface area contributed by atoms with E-state index in [1.54, 1.807) is 0 Å². The van der Waals surface area contributed by atoms with E-state index in [0.29, 0.717) is 12.0 Å². The zero-order valence-electron chi connectivity index (χ0n) is 14.6. The van der Waals surface area contributed by atoms with E-state index in [0.717, 1.165) is 31.6 Å². The van der Waals surface area contributed by atoms with Gasteiger partial charge in [0.05, 0.1) is 5.60 Å². The summed E-state index contributed by atoms with van der Waals surface area (Å²) in [6.07, 6.45) is 13.0. The molecule has 2 nitrogen and oxygen atoms in total. The molecule has 0 spiro atoms. The number of hydrogen-bond acceptors (Lipinski definition) is 2. The third-order valence-electron chi connectivity index (χ3n) is 6.71. The standard InChI is InChI=1S/C19H37NO/c1-17(2,3)16-9-8-13-19(21,14-10-16)18(15-20)11-6-4-5-7-12-18/h16,21H,4-15,20H2,1-3H3. The molecule has 0 heterocycles. The van der Waals surface area contributed by atoms with E-state index >= 15 is 0 Å². The molecule has 2 unspecified atom stereocenters. The van der Waals surface area contributed by atoms with Gasteiger partial charge in [0.2, 0.25) is 0 Å². The number of nitrogens with two attached hydrogens (primary N) is 1. The molecule has 2 fully saturated rings. The van der Waals surface area contributed by atoms with Crippen molar-refractivity contribution >= 4 is 0 Å². The zero-order chi connectivity index (χ0) is 15.6. The highest BCUT2D eigenvalue weighted by atomic mass is 16.3. The Bertz CT molecular complexity index is 325. The van der Waals surface area contributed by atoms with Crippen molar-refractivity contribution in [3.63, 3.8) is 0 Å². The van der Waals surface area contributed by atoms with Crippen LogP contribution < -0.4 is 5.73 Å². The Balaban J connectivity index is 2.16. The van der Waals surface area contributed by atoms with Gasteiger partial charge in [-0.3, -0.25) is 0 Å². The SMILES string of the molecule is CC(C)(C)C1CCCC(O)(C2(CN)CCCCCC2)CC1. The molecule has 0 amide bonds. The van der Waals surface area contributed by atoms with E-state index in [1.165, 1.54) is 44.9 Å². The van der Waals surface area contributed by atoms with Gasteiger partial charge in [-0.1, -0.05) is 52.9 Å². The van der Waals surface area contributed by atoms with Crippen molar-refractivity contribution in [3.05, 3.63) is 0 Å². The number of aliphatic hydroxyl groups is 1. The lowest BCUT2D eigenvalue weighted by atomic mass is 9.63. The highest BCUT2D eigenvalue weighted by Gasteiger charge is 2.49. The first kappa shape index (κ1) is 17.3. The number of hydrogen-bond donors (Lipinski definition) is 2. The molecule has 124 valence electrons. The Labute approximate surface area is 131 Å². The molecule has 0 aromatic rings. The van der Waals surface area contributed by atoms with Crippen molar-refractivity contribution in [2.75, 3.05) is 6.54 Å². The summed E-state index contributed by atoms with van der Waals surface area (Å²) in [5.41, 5.74) is 6.09. The lowest BCUT2D eigenvalue weighted by Gasteiger charge is -2.47. The molecule has 0 radical (unpaired) electrons. The maximum atomic E-state index is 11.6. The molecule has 0 aromatic carbocycles. The predicted molar refractivity (Wildman–Crippen MR) is 90.2 cm³/mol. The third kappa shape index (κ3) is 3.64. The van der Waals surface area contributed by atoms with E-state index in [1.807, 2.05) is 0 Å². The minimum atomic E-state index is -0.508. The summed E-state index contributed by atoms with van der Waals surface area (Å²) in [5, 5.41) is 11.6. The smallest absolute Gasteiger partial charge is 0.0715 e. The fourth-order valence-electron chi connectivity index (χ4n) is 4.98. The van der Waals surface area contributed by atoms with Gasteiger partial charge in [-0.05, 0) is 49.9 Å². The van der Waals surface area contributed by atoms with Crippen molar-refractivity contribution < 1.29 is 5.11 Å². The molecule has 3 N–H and O–H groups in total. The van der Waals surface area contributed by atoms with Gasteiger partial charge in [-0.15, -0.1) is 0 Å². The lowest BCUT2D eigenvalue weighted by Crippen LogP contribution is -2.52. The summed E-state index contributed by atoms with van der Waals surface area (Å²) in [5.74, 6) is 0.743. The van der Waals surface area contributed by atoms with Crippen LogP contribution in [0, 0.1) is 16.7 Å². The fraction of sp³-hybridized carbons (Fsp3) is 1.00.